The number of carboxylic acids is 1. The lowest BCUT2D eigenvalue weighted by atomic mass is 10.3. The largest absolute Gasteiger partial charge is 0.476 e. The maximum atomic E-state index is 10.6. The van der Waals surface area contributed by atoms with E-state index in [0.29, 0.717) is 15.7 Å². The van der Waals surface area contributed by atoms with Gasteiger partial charge in [0.05, 0.1) is 15.7 Å². The molecule has 2 aromatic rings. The number of aromatic nitrogens is 1. The molecule has 0 bridgehead atoms. The van der Waals surface area contributed by atoms with Crippen molar-refractivity contribution in [2.75, 3.05) is 5.32 Å². The smallest absolute Gasteiger partial charge is 0.357 e. The van der Waals surface area contributed by atoms with E-state index in [1.165, 1.54) is 0 Å². The van der Waals surface area contributed by atoms with Crippen molar-refractivity contribution in [2.24, 2.45) is 0 Å². The Bertz CT molecular complexity index is 568. The molecule has 2 N–H and O–H groups in total. The van der Waals surface area contributed by atoms with Gasteiger partial charge in [0.2, 0.25) is 0 Å². The highest BCUT2D eigenvalue weighted by Crippen LogP contribution is 2.31. The lowest BCUT2D eigenvalue weighted by Crippen LogP contribution is -1.97. The van der Waals surface area contributed by atoms with E-state index < -0.39 is 5.97 Å². The number of rotatable bonds is 3. The first-order valence-corrected chi connectivity index (χ1v) is 5.23. The Labute approximate surface area is 106 Å². The van der Waals surface area contributed by atoms with Crippen molar-refractivity contribution in [3.63, 3.8) is 0 Å². The zero-order valence-electron chi connectivity index (χ0n) is 8.28. The molecule has 0 aliphatic rings. The summed E-state index contributed by atoms with van der Waals surface area (Å²) in [6.45, 7) is 0. The van der Waals surface area contributed by atoms with Gasteiger partial charge >= 0.3 is 5.97 Å². The van der Waals surface area contributed by atoms with Gasteiger partial charge in [0.1, 0.15) is 6.26 Å². The van der Waals surface area contributed by atoms with E-state index >= 15 is 0 Å². The Balaban J connectivity index is 2.25. The molecule has 1 aromatic carbocycles. The van der Waals surface area contributed by atoms with Gasteiger partial charge < -0.3 is 14.8 Å². The summed E-state index contributed by atoms with van der Waals surface area (Å²) >= 11 is 11.8. The lowest BCUT2D eigenvalue weighted by Gasteiger charge is -2.04. The normalized spacial score (nSPS) is 10.2. The quantitative estimate of drug-likeness (QED) is 0.896. The maximum Gasteiger partial charge on any atom is 0.357 e. The van der Waals surface area contributed by atoms with Gasteiger partial charge in [-0.1, -0.05) is 29.3 Å². The summed E-state index contributed by atoms with van der Waals surface area (Å²) in [5.74, 6) is -1.17. The topological polar surface area (TPSA) is 75.4 Å². The SMILES string of the molecule is O=C(O)c1coc(Nc2cccc(Cl)c2Cl)n1. The average Bonchev–Trinajstić information content (AvgIpc) is 2.73. The van der Waals surface area contributed by atoms with E-state index in [-0.39, 0.29) is 11.7 Å². The van der Waals surface area contributed by atoms with Crippen molar-refractivity contribution in [2.45, 2.75) is 0 Å². The molecular weight excluding hydrogens is 267 g/mol. The minimum atomic E-state index is -1.17. The summed E-state index contributed by atoms with van der Waals surface area (Å²) in [6.07, 6.45) is 1.03. The molecule has 0 atom stereocenters. The fourth-order valence-electron chi connectivity index (χ4n) is 1.14. The second kappa shape index (κ2) is 4.65. The summed E-state index contributed by atoms with van der Waals surface area (Å²) in [5.41, 5.74) is 0.295. The van der Waals surface area contributed by atoms with Gasteiger partial charge in [0.25, 0.3) is 6.01 Å². The van der Waals surface area contributed by atoms with Crippen LogP contribution in [0.4, 0.5) is 11.7 Å². The summed E-state index contributed by atoms with van der Waals surface area (Å²) in [4.78, 5) is 14.3. The Morgan fingerprint density at radius 3 is 2.82 bits per heavy atom. The van der Waals surface area contributed by atoms with E-state index in [2.05, 4.69) is 10.3 Å². The number of carbonyl (C=O) groups is 1. The molecule has 88 valence electrons. The van der Waals surface area contributed by atoms with Gasteiger partial charge in [-0.05, 0) is 12.1 Å². The molecule has 17 heavy (non-hydrogen) atoms. The van der Waals surface area contributed by atoms with Gasteiger partial charge in [-0.25, -0.2) is 4.79 Å². The monoisotopic (exact) mass is 272 g/mol. The molecule has 0 fully saturated rings. The fourth-order valence-corrected chi connectivity index (χ4v) is 1.49. The van der Waals surface area contributed by atoms with Crippen LogP contribution in [0.15, 0.2) is 28.9 Å². The third kappa shape index (κ3) is 2.51. The Kier molecular flexibility index (Phi) is 3.21. The maximum absolute atomic E-state index is 10.6. The van der Waals surface area contributed by atoms with Crippen LogP contribution in [-0.2, 0) is 0 Å². The van der Waals surface area contributed by atoms with Crippen molar-refractivity contribution < 1.29 is 14.3 Å². The summed E-state index contributed by atoms with van der Waals surface area (Å²) in [6, 6.07) is 5.02. The zero-order valence-corrected chi connectivity index (χ0v) is 9.79. The van der Waals surface area contributed by atoms with Crippen molar-refractivity contribution in [1.29, 1.82) is 0 Å². The first-order valence-electron chi connectivity index (χ1n) is 4.48. The molecule has 0 amide bonds. The molecule has 0 unspecified atom stereocenters. The average molecular weight is 273 g/mol. The van der Waals surface area contributed by atoms with Crippen LogP contribution in [0.1, 0.15) is 10.5 Å². The van der Waals surface area contributed by atoms with Crippen LogP contribution in [-0.4, -0.2) is 16.1 Å². The van der Waals surface area contributed by atoms with Crippen LogP contribution in [0.3, 0.4) is 0 Å². The van der Waals surface area contributed by atoms with Crippen LogP contribution in [0.5, 0.6) is 0 Å². The molecule has 5 nitrogen and oxygen atoms in total. The molecule has 2 rings (SSSR count). The Morgan fingerprint density at radius 1 is 1.41 bits per heavy atom. The van der Waals surface area contributed by atoms with Gasteiger partial charge in [-0.3, -0.25) is 0 Å². The summed E-state index contributed by atoms with van der Waals surface area (Å²) < 4.78 is 4.92. The van der Waals surface area contributed by atoms with Crippen molar-refractivity contribution in [1.82, 2.24) is 4.98 Å². The van der Waals surface area contributed by atoms with Gasteiger partial charge in [-0.15, -0.1) is 0 Å². The number of nitrogens with one attached hydrogen (secondary N) is 1. The van der Waals surface area contributed by atoms with Gasteiger partial charge in [0.15, 0.2) is 5.69 Å². The van der Waals surface area contributed by atoms with E-state index in [9.17, 15) is 4.79 Å². The van der Waals surface area contributed by atoms with Crippen LogP contribution in [0, 0.1) is 0 Å². The number of aromatic carboxylic acids is 1. The van der Waals surface area contributed by atoms with Crippen molar-refractivity contribution in [3.8, 4) is 0 Å². The molecule has 0 radical (unpaired) electrons. The summed E-state index contributed by atoms with van der Waals surface area (Å²) in [5, 5.41) is 12.1. The zero-order chi connectivity index (χ0) is 12.4. The first-order chi connectivity index (χ1) is 8.08. The number of halogens is 2. The van der Waals surface area contributed by atoms with Crippen molar-refractivity contribution in [3.05, 3.63) is 40.2 Å². The predicted molar refractivity (Wildman–Crippen MR) is 63.2 cm³/mol. The van der Waals surface area contributed by atoms with E-state index in [0.717, 1.165) is 6.26 Å². The van der Waals surface area contributed by atoms with E-state index in [1.54, 1.807) is 18.2 Å². The number of anilines is 2. The van der Waals surface area contributed by atoms with Crippen molar-refractivity contribution >= 4 is 40.9 Å². The molecule has 0 aliphatic heterocycles. The lowest BCUT2D eigenvalue weighted by molar-refractivity contribution is 0.0690. The standard InChI is InChI=1S/C10H6Cl2N2O3/c11-5-2-1-3-6(8(5)12)13-10-14-7(4-17-10)9(15)16/h1-4H,(H,13,14)(H,15,16). The van der Waals surface area contributed by atoms with E-state index in [4.69, 9.17) is 32.7 Å². The first kappa shape index (κ1) is 11.8. The number of hydrogen-bond acceptors (Lipinski definition) is 4. The number of oxazole rings is 1. The molecule has 0 saturated heterocycles. The molecular formula is C10H6Cl2N2O3. The third-order valence-corrected chi connectivity index (χ3v) is 2.74. The predicted octanol–water partition coefficient (Wildman–Crippen LogP) is 3.42. The number of benzene rings is 1. The van der Waals surface area contributed by atoms with Crippen LogP contribution >= 0.6 is 23.2 Å². The fraction of sp³-hybridized carbons (Fsp3) is 0. The molecule has 0 aliphatic carbocycles. The number of carboxylic acid groups (broad SMARTS) is 1. The minimum absolute atomic E-state index is 0.0339. The van der Waals surface area contributed by atoms with Crippen LogP contribution in [0.2, 0.25) is 10.0 Å². The Morgan fingerprint density at radius 2 is 2.18 bits per heavy atom. The van der Waals surface area contributed by atoms with Gasteiger partial charge in [-0.2, -0.15) is 4.98 Å². The molecule has 0 saturated carbocycles. The van der Waals surface area contributed by atoms with Gasteiger partial charge in [0, 0.05) is 0 Å². The molecule has 1 aromatic heterocycles. The highest BCUT2D eigenvalue weighted by atomic mass is 35.5. The third-order valence-electron chi connectivity index (χ3n) is 1.92. The van der Waals surface area contributed by atoms with Crippen LogP contribution in [0.25, 0.3) is 0 Å². The Hall–Kier alpha value is -1.72. The van der Waals surface area contributed by atoms with E-state index in [1.807, 2.05) is 0 Å². The highest BCUT2D eigenvalue weighted by Gasteiger charge is 2.12. The number of nitrogens with zero attached hydrogens (tertiary/aromatic N) is 1. The van der Waals surface area contributed by atoms with Crippen LogP contribution < -0.4 is 5.32 Å². The second-order valence-electron chi connectivity index (χ2n) is 3.07. The molecule has 0 spiro atoms. The highest BCUT2D eigenvalue weighted by molar-refractivity contribution is 6.43. The minimum Gasteiger partial charge on any atom is -0.476 e. The second-order valence-corrected chi connectivity index (χ2v) is 3.85. The molecule has 7 heteroatoms. The summed E-state index contributed by atoms with van der Waals surface area (Å²) in [7, 11) is 0. The molecule has 1 heterocycles. The number of hydrogen-bond donors (Lipinski definition) is 2.